The SMILES string of the molecule is CC(O)c1cc(Br)ccc1N1CCC(N2CCOCC2)C1. The van der Waals surface area contributed by atoms with Crippen LogP contribution in [0.25, 0.3) is 0 Å². The molecule has 0 aliphatic carbocycles. The zero-order chi connectivity index (χ0) is 14.8. The minimum Gasteiger partial charge on any atom is -0.389 e. The number of aliphatic hydroxyl groups is 1. The molecule has 1 aromatic carbocycles. The lowest BCUT2D eigenvalue weighted by Crippen LogP contribution is -2.44. The third kappa shape index (κ3) is 3.42. The largest absolute Gasteiger partial charge is 0.389 e. The van der Waals surface area contributed by atoms with E-state index in [-0.39, 0.29) is 0 Å². The quantitative estimate of drug-likeness (QED) is 0.904. The van der Waals surface area contributed by atoms with E-state index in [0.29, 0.717) is 6.04 Å². The average Bonchev–Trinajstić information content (AvgIpc) is 2.97. The zero-order valence-electron chi connectivity index (χ0n) is 12.5. The summed E-state index contributed by atoms with van der Waals surface area (Å²) >= 11 is 3.50. The minimum atomic E-state index is -0.445. The first kappa shape index (κ1) is 15.3. The molecular weight excluding hydrogens is 332 g/mol. The van der Waals surface area contributed by atoms with Crippen molar-refractivity contribution in [2.45, 2.75) is 25.5 Å². The minimum absolute atomic E-state index is 0.445. The Labute approximate surface area is 134 Å². The van der Waals surface area contributed by atoms with Gasteiger partial charge in [-0.15, -0.1) is 0 Å². The van der Waals surface area contributed by atoms with Gasteiger partial charge in [-0.2, -0.15) is 0 Å². The predicted octanol–water partition coefficient (Wildman–Crippen LogP) is 2.41. The molecule has 2 heterocycles. The molecule has 0 saturated carbocycles. The van der Waals surface area contributed by atoms with Crippen LogP contribution >= 0.6 is 15.9 Å². The van der Waals surface area contributed by atoms with Crippen LogP contribution in [0, 0.1) is 0 Å². The second-order valence-corrected chi connectivity index (χ2v) is 6.83. The summed E-state index contributed by atoms with van der Waals surface area (Å²) in [6, 6.07) is 6.82. The fraction of sp³-hybridized carbons (Fsp3) is 0.625. The number of aliphatic hydroxyl groups excluding tert-OH is 1. The van der Waals surface area contributed by atoms with Gasteiger partial charge in [0.1, 0.15) is 0 Å². The Balaban J connectivity index is 1.73. The Hall–Kier alpha value is -0.620. The van der Waals surface area contributed by atoms with Crippen LogP contribution in [0.3, 0.4) is 0 Å². The van der Waals surface area contributed by atoms with E-state index < -0.39 is 6.10 Å². The van der Waals surface area contributed by atoms with Crippen LogP contribution in [0.1, 0.15) is 25.0 Å². The van der Waals surface area contributed by atoms with Gasteiger partial charge in [-0.05, 0) is 31.5 Å². The average molecular weight is 355 g/mol. The molecule has 5 heteroatoms. The van der Waals surface area contributed by atoms with Crippen LogP contribution < -0.4 is 4.90 Å². The number of anilines is 1. The number of ether oxygens (including phenoxy) is 1. The highest BCUT2D eigenvalue weighted by Crippen LogP contribution is 2.32. The molecule has 2 unspecified atom stereocenters. The first-order valence-electron chi connectivity index (χ1n) is 7.69. The van der Waals surface area contributed by atoms with Gasteiger partial charge in [0.2, 0.25) is 0 Å². The Morgan fingerprint density at radius 2 is 2.05 bits per heavy atom. The van der Waals surface area contributed by atoms with Gasteiger partial charge in [0.05, 0.1) is 19.3 Å². The molecule has 2 aliphatic rings. The Morgan fingerprint density at radius 3 is 2.76 bits per heavy atom. The summed E-state index contributed by atoms with van der Waals surface area (Å²) in [5, 5.41) is 10.0. The van der Waals surface area contributed by atoms with Crippen LogP contribution in [0.2, 0.25) is 0 Å². The summed E-state index contributed by atoms with van der Waals surface area (Å²) in [4.78, 5) is 4.96. The normalized spacial score (nSPS) is 25.3. The molecule has 2 saturated heterocycles. The summed E-state index contributed by atoms with van der Waals surface area (Å²) in [7, 11) is 0. The number of hydrogen-bond donors (Lipinski definition) is 1. The van der Waals surface area contributed by atoms with Crippen molar-refractivity contribution < 1.29 is 9.84 Å². The summed E-state index contributed by atoms with van der Waals surface area (Å²) in [6.07, 6.45) is 0.745. The molecule has 1 aromatic rings. The lowest BCUT2D eigenvalue weighted by Gasteiger charge is -2.32. The topological polar surface area (TPSA) is 35.9 Å². The summed E-state index contributed by atoms with van der Waals surface area (Å²) < 4.78 is 6.46. The third-order valence-corrected chi connectivity index (χ3v) is 5.00. The fourth-order valence-corrected chi connectivity index (χ4v) is 3.73. The maximum Gasteiger partial charge on any atom is 0.0782 e. The second-order valence-electron chi connectivity index (χ2n) is 5.92. The van der Waals surface area contributed by atoms with Crippen LogP contribution in [0.4, 0.5) is 5.69 Å². The molecule has 0 amide bonds. The maximum absolute atomic E-state index is 10.0. The lowest BCUT2D eigenvalue weighted by molar-refractivity contribution is 0.0209. The predicted molar refractivity (Wildman–Crippen MR) is 87.8 cm³/mol. The maximum atomic E-state index is 10.0. The Bertz CT molecular complexity index is 489. The van der Waals surface area contributed by atoms with Crippen LogP contribution in [0.15, 0.2) is 22.7 Å². The molecule has 0 aromatic heterocycles. The van der Waals surface area contributed by atoms with Crippen molar-refractivity contribution in [2.75, 3.05) is 44.3 Å². The molecule has 0 spiro atoms. The van der Waals surface area contributed by atoms with E-state index in [9.17, 15) is 5.11 Å². The molecule has 1 N–H and O–H groups in total. The highest BCUT2D eigenvalue weighted by molar-refractivity contribution is 9.10. The number of nitrogens with zero attached hydrogens (tertiary/aromatic N) is 2. The summed E-state index contributed by atoms with van der Waals surface area (Å²) in [5.74, 6) is 0. The van der Waals surface area contributed by atoms with Crippen LogP contribution in [0.5, 0.6) is 0 Å². The van der Waals surface area contributed by atoms with Crippen molar-refractivity contribution in [1.82, 2.24) is 4.90 Å². The molecule has 0 bridgehead atoms. The standard InChI is InChI=1S/C16H23BrN2O2/c1-12(20)15-10-13(17)2-3-16(15)19-5-4-14(11-19)18-6-8-21-9-7-18/h2-3,10,12,14,20H,4-9,11H2,1H3. The van der Waals surface area contributed by atoms with Gasteiger partial charge >= 0.3 is 0 Å². The van der Waals surface area contributed by atoms with Crippen molar-refractivity contribution in [3.63, 3.8) is 0 Å². The third-order valence-electron chi connectivity index (χ3n) is 4.51. The van der Waals surface area contributed by atoms with Gasteiger partial charge < -0.3 is 14.7 Å². The molecule has 2 aliphatic heterocycles. The molecule has 3 rings (SSSR count). The van der Waals surface area contributed by atoms with Gasteiger partial charge in [0.15, 0.2) is 0 Å². The molecule has 4 nitrogen and oxygen atoms in total. The summed E-state index contributed by atoms with van der Waals surface area (Å²) in [6.45, 7) is 7.73. The Kier molecular flexibility index (Phi) is 4.84. The first-order chi connectivity index (χ1) is 10.1. The first-order valence-corrected chi connectivity index (χ1v) is 8.48. The molecular formula is C16H23BrN2O2. The van der Waals surface area contributed by atoms with Crippen LogP contribution in [-0.2, 0) is 4.74 Å². The van der Waals surface area contributed by atoms with Crippen molar-refractivity contribution >= 4 is 21.6 Å². The fourth-order valence-electron chi connectivity index (χ4n) is 3.35. The lowest BCUT2D eigenvalue weighted by atomic mass is 10.1. The van der Waals surface area contributed by atoms with E-state index in [1.54, 1.807) is 0 Å². The van der Waals surface area contributed by atoms with E-state index in [0.717, 1.165) is 49.4 Å². The van der Waals surface area contributed by atoms with Crippen LogP contribution in [-0.4, -0.2) is 55.4 Å². The van der Waals surface area contributed by atoms with E-state index in [1.807, 2.05) is 13.0 Å². The van der Waals surface area contributed by atoms with Gasteiger partial charge in [-0.3, -0.25) is 4.90 Å². The van der Waals surface area contributed by atoms with E-state index >= 15 is 0 Å². The molecule has 21 heavy (non-hydrogen) atoms. The molecule has 116 valence electrons. The van der Waals surface area contributed by atoms with Gasteiger partial charge in [-0.25, -0.2) is 0 Å². The number of hydrogen-bond acceptors (Lipinski definition) is 4. The molecule has 2 atom stereocenters. The number of rotatable bonds is 3. The van der Waals surface area contributed by atoms with Gasteiger partial charge in [0, 0.05) is 47.9 Å². The highest BCUT2D eigenvalue weighted by atomic mass is 79.9. The van der Waals surface area contributed by atoms with E-state index in [4.69, 9.17) is 4.74 Å². The van der Waals surface area contributed by atoms with Crippen molar-refractivity contribution in [2.24, 2.45) is 0 Å². The monoisotopic (exact) mass is 354 g/mol. The summed E-state index contributed by atoms with van der Waals surface area (Å²) in [5.41, 5.74) is 2.18. The van der Waals surface area contributed by atoms with Crippen molar-refractivity contribution in [1.29, 1.82) is 0 Å². The van der Waals surface area contributed by atoms with Crippen molar-refractivity contribution in [3.8, 4) is 0 Å². The van der Waals surface area contributed by atoms with E-state index in [1.165, 1.54) is 12.1 Å². The molecule has 0 radical (unpaired) electrons. The smallest absolute Gasteiger partial charge is 0.0782 e. The zero-order valence-corrected chi connectivity index (χ0v) is 14.1. The highest BCUT2D eigenvalue weighted by Gasteiger charge is 2.30. The number of halogens is 1. The number of benzene rings is 1. The number of morpholine rings is 1. The van der Waals surface area contributed by atoms with Crippen molar-refractivity contribution in [3.05, 3.63) is 28.2 Å². The second kappa shape index (κ2) is 6.65. The van der Waals surface area contributed by atoms with Gasteiger partial charge in [0.25, 0.3) is 0 Å². The van der Waals surface area contributed by atoms with Gasteiger partial charge in [-0.1, -0.05) is 15.9 Å². The Morgan fingerprint density at radius 1 is 1.29 bits per heavy atom. The van der Waals surface area contributed by atoms with E-state index in [2.05, 4.69) is 37.9 Å². The molecule has 2 fully saturated rings.